The van der Waals surface area contributed by atoms with Gasteiger partial charge in [0.1, 0.15) is 6.61 Å². The number of anilines is 1. The lowest BCUT2D eigenvalue weighted by Gasteiger charge is -2.09. The van der Waals surface area contributed by atoms with Gasteiger partial charge < -0.3 is 10.1 Å². The maximum absolute atomic E-state index is 13.2. The van der Waals surface area contributed by atoms with Crippen molar-refractivity contribution in [2.24, 2.45) is 0 Å². The normalized spacial score (nSPS) is 10.1. The van der Waals surface area contributed by atoms with Crippen molar-refractivity contribution in [3.63, 3.8) is 0 Å². The van der Waals surface area contributed by atoms with Gasteiger partial charge in [-0.3, -0.25) is 0 Å². The number of hydrogen-bond donors (Lipinski definition) is 1. The van der Waals surface area contributed by atoms with E-state index in [-0.39, 0.29) is 5.82 Å². The summed E-state index contributed by atoms with van der Waals surface area (Å²) in [6.45, 7) is 3.11. The highest BCUT2D eigenvalue weighted by atomic mass is 19.1. The molecule has 0 radical (unpaired) electrons. The van der Waals surface area contributed by atoms with E-state index < -0.39 is 0 Å². The van der Waals surface area contributed by atoms with Crippen molar-refractivity contribution in [1.82, 2.24) is 0 Å². The second-order valence-electron chi connectivity index (χ2n) is 4.07. The summed E-state index contributed by atoms with van der Waals surface area (Å²) in [5, 5.41) is 3.21. The van der Waals surface area contributed by atoms with Gasteiger partial charge in [0.25, 0.3) is 0 Å². The predicted molar refractivity (Wildman–Crippen MR) is 71.6 cm³/mol. The molecule has 2 rings (SSSR count). The van der Waals surface area contributed by atoms with Crippen LogP contribution in [-0.2, 0) is 0 Å². The third kappa shape index (κ3) is 3.48. The van der Waals surface area contributed by atoms with E-state index in [4.69, 9.17) is 4.74 Å². The third-order valence-corrected chi connectivity index (χ3v) is 2.58. The van der Waals surface area contributed by atoms with Gasteiger partial charge in [0.05, 0.1) is 0 Å². The van der Waals surface area contributed by atoms with Gasteiger partial charge >= 0.3 is 0 Å². The van der Waals surface area contributed by atoms with Crippen LogP contribution < -0.4 is 10.1 Å². The first kappa shape index (κ1) is 12.4. The Morgan fingerprint density at radius 1 is 1.06 bits per heavy atom. The topological polar surface area (TPSA) is 21.3 Å². The van der Waals surface area contributed by atoms with Crippen LogP contribution in [0.2, 0.25) is 0 Å². The van der Waals surface area contributed by atoms with Crippen LogP contribution in [0.5, 0.6) is 5.75 Å². The molecule has 1 N–H and O–H groups in total. The number of halogens is 1. The maximum atomic E-state index is 13.2. The molecule has 18 heavy (non-hydrogen) atoms. The SMILES string of the molecule is Cc1ccc(NCCOc2ccccc2F)cc1. The molecule has 0 fully saturated rings. The molecular weight excluding hydrogens is 229 g/mol. The second kappa shape index (κ2) is 6.05. The zero-order valence-corrected chi connectivity index (χ0v) is 10.3. The first-order valence-corrected chi connectivity index (χ1v) is 5.93. The predicted octanol–water partition coefficient (Wildman–Crippen LogP) is 3.63. The molecule has 94 valence electrons. The number of ether oxygens (including phenoxy) is 1. The van der Waals surface area contributed by atoms with Crippen LogP contribution in [-0.4, -0.2) is 13.2 Å². The first-order chi connectivity index (χ1) is 8.75. The number of benzene rings is 2. The van der Waals surface area contributed by atoms with Crippen LogP contribution in [0.4, 0.5) is 10.1 Å². The number of para-hydroxylation sites is 1. The third-order valence-electron chi connectivity index (χ3n) is 2.58. The van der Waals surface area contributed by atoms with Gasteiger partial charge in [0.15, 0.2) is 11.6 Å². The molecule has 0 saturated heterocycles. The average molecular weight is 245 g/mol. The van der Waals surface area contributed by atoms with Gasteiger partial charge in [0, 0.05) is 12.2 Å². The first-order valence-electron chi connectivity index (χ1n) is 5.93. The highest BCUT2D eigenvalue weighted by molar-refractivity contribution is 5.44. The van der Waals surface area contributed by atoms with E-state index in [1.807, 2.05) is 31.2 Å². The van der Waals surface area contributed by atoms with Crippen LogP contribution in [0, 0.1) is 12.7 Å². The van der Waals surface area contributed by atoms with E-state index >= 15 is 0 Å². The summed E-state index contributed by atoms with van der Waals surface area (Å²) in [6.07, 6.45) is 0. The molecule has 0 unspecified atom stereocenters. The number of nitrogens with one attached hydrogen (secondary N) is 1. The van der Waals surface area contributed by atoms with Crippen molar-refractivity contribution in [1.29, 1.82) is 0 Å². The van der Waals surface area contributed by atoms with Crippen molar-refractivity contribution < 1.29 is 9.13 Å². The Labute approximate surface area is 106 Å². The number of aryl methyl sites for hydroxylation is 1. The van der Waals surface area contributed by atoms with Crippen molar-refractivity contribution in [3.8, 4) is 5.75 Å². The lowest BCUT2D eigenvalue weighted by atomic mass is 10.2. The summed E-state index contributed by atoms with van der Waals surface area (Å²) in [6, 6.07) is 14.5. The van der Waals surface area contributed by atoms with Crippen molar-refractivity contribution >= 4 is 5.69 Å². The average Bonchev–Trinajstić information content (AvgIpc) is 2.39. The van der Waals surface area contributed by atoms with Crippen LogP contribution in [0.3, 0.4) is 0 Å². The summed E-state index contributed by atoms with van der Waals surface area (Å²) >= 11 is 0. The number of rotatable bonds is 5. The van der Waals surface area contributed by atoms with Crippen molar-refractivity contribution in [3.05, 3.63) is 59.9 Å². The van der Waals surface area contributed by atoms with E-state index in [2.05, 4.69) is 5.32 Å². The quantitative estimate of drug-likeness (QED) is 0.812. The highest BCUT2D eigenvalue weighted by Crippen LogP contribution is 2.15. The summed E-state index contributed by atoms with van der Waals surface area (Å²) in [5.74, 6) is -0.0314. The monoisotopic (exact) mass is 245 g/mol. The van der Waals surface area contributed by atoms with E-state index in [0.29, 0.717) is 18.9 Å². The zero-order chi connectivity index (χ0) is 12.8. The van der Waals surface area contributed by atoms with E-state index in [1.54, 1.807) is 18.2 Å². The zero-order valence-electron chi connectivity index (χ0n) is 10.3. The van der Waals surface area contributed by atoms with E-state index in [9.17, 15) is 4.39 Å². The standard InChI is InChI=1S/C15H16FNO/c1-12-6-8-13(9-7-12)17-10-11-18-15-5-3-2-4-14(15)16/h2-9,17H,10-11H2,1H3. The summed E-state index contributed by atoms with van der Waals surface area (Å²) in [5.41, 5.74) is 2.26. The minimum atomic E-state index is -0.326. The molecule has 0 spiro atoms. The Hall–Kier alpha value is -2.03. The molecule has 2 aromatic rings. The van der Waals surface area contributed by atoms with Gasteiger partial charge in [0.2, 0.25) is 0 Å². The molecule has 0 saturated carbocycles. The molecule has 0 amide bonds. The summed E-state index contributed by atoms with van der Waals surface area (Å²) in [4.78, 5) is 0. The lowest BCUT2D eigenvalue weighted by molar-refractivity contribution is 0.315. The van der Waals surface area contributed by atoms with Gasteiger partial charge in [-0.05, 0) is 31.2 Å². The van der Waals surface area contributed by atoms with Gasteiger partial charge in [-0.25, -0.2) is 4.39 Å². The molecule has 0 heterocycles. The molecule has 3 heteroatoms. The fraction of sp³-hybridized carbons (Fsp3) is 0.200. The Morgan fingerprint density at radius 3 is 2.50 bits per heavy atom. The van der Waals surface area contributed by atoms with E-state index in [0.717, 1.165) is 5.69 Å². The second-order valence-corrected chi connectivity index (χ2v) is 4.07. The molecule has 0 bridgehead atoms. The smallest absolute Gasteiger partial charge is 0.165 e. The fourth-order valence-corrected chi connectivity index (χ4v) is 1.59. The van der Waals surface area contributed by atoms with Crippen molar-refractivity contribution in [2.75, 3.05) is 18.5 Å². The van der Waals surface area contributed by atoms with Crippen LogP contribution in [0.1, 0.15) is 5.56 Å². The van der Waals surface area contributed by atoms with Gasteiger partial charge in [-0.2, -0.15) is 0 Å². The van der Waals surface area contributed by atoms with E-state index in [1.165, 1.54) is 11.6 Å². The molecule has 0 aliphatic heterocycles. The minimum Gasteiger partial charge on any atom is -0.489 e. The summed E-state index contributed by atoms with van der Waals surface area (Å²) in [7, 11) is 0. The molecule has 0 aliphatic rings. The molecule has 0 aromatic heterocycles. The Kier molecular flexibility index (Phi) is 4.18. The number of hydrogen-bond acceptors (Lipinski definition) is 2. The fourth-order valence-electron chi connectivity index (χ4n) is 1.59. The Bertz CT molecular complexity index is 496. The minimum absolute atomic E-state index is 0.295. The molecule has 2 nitrogen and oxygen atoms in total. The Morgan fingerprint density at radius 2 is 1.78 bits per heavy atom. The van der Waals surface area contributed by atoms with Gasteiger partial charge in [-0.15, -0.1) is 0 Å². The van der Waals surface area contributed by atoms with Crippen LogP contribution >= 0.6 is 0 Å². The largest absolute Gasteiger partial charge is 0.489 e. The highest BCUT2D eigenvalue weighted by Gasteiger charge is 2.00. The Balaban J connectivity index is 1.76. The molecule has 2 aromatic carbocycles. The van der Waals surface area contributed by atoms with Crippen LogP contribution in [0.15, 0.2) is 48.5 Å². The summed E-state index contributed by atoms with van der Waals surface area (Å²) < 4.78 is 18.6. The van der Waals surface area contributed by atoms with Crippen LogP contribution in [0.25, 0.3) is 0 Å². The van der Waals surface area contributed by atoms with Gasteiger partial charge in [-0.1, -0.05) is 29.8 Å². The molecule has 0 aliphatic carbocycles. The lowest BCUT2D eigenvalue weighted by Crippen LogP contribution is -2.11. The van der Waals surface area contributed by atoms with Crippen molar-refractivity contribution in [2.45, 2.75) is 6.92 Å². The molecular formula is C15H16FNO. The maximum Gasteiger partial charge on any atom is 0.165 e. The molecule has 0 atom stereocenters.